The van der Waals surface area contributed by atoms with Gasteiger partial charge in [-0.2, -0.15) is 5.10 Å². The molecule has 2 heterocycles. The molecule has 0 saturated carbocycles. The average Bonchev–Trinajstić information content (AvgIpc) is 3.22. The highest BCUT2D eigenvalue weighted by Crippen LogP contribution is 2.15. The van der Waals surface area contributed by atoms with Gasteiger partial charge in [-0.25, -0.2) is 0 Å². The SMILES string of the molecule is Cn1ncc(C(=O)NCc2cccc([N+](=O)[O-])c2)c1-n1cccc1. The number of nitrogens with one attached hydrogen (secondary N) is 1. The highest BCUT2D eigenvalue weighted by atomic mass is 16.6. The predicted octanol–water partition coefficient (Wildman–Crippen LogP) is 2.05. The van der Waals surface area contributed by atoms with Crippen LogP contribution in [0, 0.1) is 10.1 Å². The number of amides is 1. The fourth-order valence-corrected chi connectivity index (χ4v) is 2.43. The molecular weight excluding hydrogens is 310 g/mol. The van der Waals surface area contributed by atoms with Crippen molar-refractivity contribution in [2.24, 2.45) is 7.05 Å². The summed E-state index contributed by atoms with van der Waals surface area (Å²) in [6.45, 7) is 0.195. The van der Waals surface area contributed by atoms with Crippen LogP contribution in [0.15, 0.2) is 55.0 Å². The van der Waals surface area contributed by atoms with Crippen LogP contribution in [0.5, 0.6) is 0 Å². The van der Waals surface area contributed by atoms with Gasteiger partial charge in [0, 0.05) is 38.1 Å². The molecular formula is C16H15N5O3. The summed E-state index contributed by atoms with van der Waals surface area (Å²) < 4.78 is 3.41. The number of non-ortho nitro benzene ring substituents is 1. The second-order valence-electron chi connectivity index (χ2n) is 5.21. The van der Waals surface area contributed by atoms with E-state index in [0.29, 0.717) is 16.9 Å². The van der Waals surface area contributed by atoms with Gasteiger partial charge >= 0.3 is 0 Å². The van der Waals surface area contributed by atoms with Crippen LogP contribution in [-0.4, -0.2) is 25.2 Å². The molecule has 0 aliphatic heterocycles. The lowest BCUT2D eigenvalue weighted by Gasteiger charge is -2.08. The molecule has 0 saturated heterocycles. The Morgan fingerprint density at radius 2 is 2.04 bits per heavy atom. The van der Waals surface area contributed by atoms with Gasteiger partial charge in [0.2, 0.25) is 0 Å². The van der Waals surface area contributed by atoms with Gasteiger partial charge in [0.15, 0.2) is 0 Å². The first kappa shape index (κ1) is 15.5. The fourth-order valence-electron chi connectivity index (χ4n) is 2.43. The number of hydrogen-bond acceptors (Lipinski definition) is 4. The van der Waals surface area contributed by atoms with Crippen LogP contribution in [0.4, 0.5) is 5.69 Å². The molecule has 3 aromatic rings. The van der Waals surface area contributed by atoms with Crippen LogP contribution in [0.3, 0.4) is 0 Å². The van der Waals surface area contributed by atoms with E-state index in [1.165, 1.54) is 18.3 Å². The number of aryl methyl sites for hydroxylation is 1. The van der Waals surface area contributed by atoms with Gasteiger partial charge in [-0.05, 0) is 17.7 Å². The third-order valence-corrected chi connectivity index (χ3v) is 3.58. The van der Waals surface area contributed by atoms with Crippen LogP contribution >= 0.6 is 0 Å². The van der Waals surface area contributed by atoms with Crippen molar-refractivity contribution in [2.45, 2.75) is 6.54 Å². The lowest BCUT2D eigenvalue weighted by atomic mass is 10.2. The number of carbonyl (C=O) groups excluding carboxylic acids is 1. The lowest BCUT2D eigenvalue weighted by Crippen LogP contribution is -2.24. The second-order valence-corrected chi connectivity index (χ2v) is 5.21. The number of aromatic nitrogens is 3. The normalized spacial score (nSPS) is 10.5. The summed E-state index contributed by atoms with van der Waals surface area (Å²) in [5.41, 5.74) is 1.08. The average molecular weight is 325 g/mol. The van der Waals surface area contributed by atoms with Crippen molar-refractivity contribution < 1.29 is 9.72 Å². The molecule has 1 aromatic carbocycles. The molecule has 0 spiro atoms. The summed E-state index contributed by atoms with van der Waals surface area (Å²) in [6, 6.07) is 9.89. The molecule has 24 heavy (non-hydrogen) atoms. The Kier molecular flexibility index (Phi) is 4.11. The molecule has 3 rings (SSSR count). The Morgan fingerprint density at radius 1 is 1.29 bits per heavy atom. The molecule has 8 heteroatoms. The lowest BCUT2D eigenvalue weighted by molar-refractivity contribution is -0.384. The van der Waals surface area contributed by atoms with Crippen molar-refractivity contribution in [3.05, 3.63) is 76.2 Å². The fraction of sp³-hybridized carbons (Fsp3) is 0.125. The maximum absolute atomic E-state index is 12.5. The maximum Gasteiger partial charge on any atom is 0.269 e. The van der Waals surface area contributed by atoms with Crippen molar-refractivity contribution in [1.29, 1.82) is 0 Å². The zero-order valence-corrected chi connectivity index (χ0v) is 12.9. The van der Waals surface area contributed by atoms with Crippen LogP contribution in [0.1, 0.15) is 15.9 Å². The van der Waals surface area contributed by atoms with Gasteiger partial charge in [0.05, 0.1) is 11.1 Å². The number of carbonyl (C=O) groups is 1. The summed E-state index contributed by atoms with van der Waals surface area (Å²) in [7, 11) is 1.76. The van der Waals surface area contributed by atoms with Crippen molar-refractivity contribution in [3.63, 3.8) is 0 Å². The van der Waals surface area contributed by atoms with E-state index in [1.54, 1.807) is 28.4 Å². The number of benzene rings is 1. The van der Waals surface area contributed by atoms with Crippen molar-refractivity contribution in [1.82, 2.24) is 19.7 Å². The summed E-state index contributed by atoms with van der Waals surface area (Å²) in [6.07, 6.45) is 5.15. The Balaban J connectivity index is 1.77. The molecule has 1 amide bonds. The predicted molar refractivity (Wildman–Crippen MR) is 86.8 cm³/mol. The minimum atomic E-state index is -0.462. The van der Waals surface area contributed by atoms with E-state index >= 15 is 0 Å². The number of nitro groups is 1. The van der Waals surface area contributed by atoms with Gasteiger partial charge in [0.25, 0.3) is 11.6 Å². The third-order valence-electron chi connectivity index (χ3n) is 3.58. The van der Waals surface area contributed by atoms with Crippen LogP contribution < -0.4 is 5.32 Å². The summed E-state index contributed by atoms with van der Waals surface area (Å²) in [4.78, 5) is 22.8. The quantitative estimate of drug-likeness (QED) is 0.573. The number of rotatable bonds is 5. The summed E-state index contributed by atoms with van der Waals surface area (Å²) in [5.74, 6) is 0.356. The Labute approximate surface area is 137 Å². The molecule has 2 aromatic heterocycles. The first-order valence-electron chi connectivity index (χ1n) is 7.23. The van der Waals surface area contributed by atoms with E-state index in [9.17, 15) is 14.9 Å². The molecule has 0 bridgehead atoms. The minimum Gasteiger partial charge on any atom is -0.348 e. The summed E-state index contributed by atoms with van der Waals surface area (Å²) in [5, 5.41) is 17.7. The van der Waals surface area contributed by atoms with Gasteiger partial charge in [-0.1, -0.05) is 12.1 Å². The number of nitrogens with zero attached hydrogens (tertiary/aromatic N) is 4. The summed E-state index contributed by atoms with van der Waals surface area (Å²) >= 11 is 0. The van der Waals surface area contributed by atoms with Gasteiger partial charge in [0.1, 0.15) is 11.4 Å². The van der Waals surface area contributed by atoms with E-state index in [2.05, 4.69) is 10.4 Å². The van der Waals surface area contributed by atoms with E-state index in [1.807, 2.05) is 24.5 Å². The smallest absolute Gasteiger partial charge is 0.269 e. The largest absolute Gasteiger partial charge is 0.348 e. The molecule has 0 fully saturated rings. The Hall–Kier alpha value is -3.42. The number of hydrogen-bond donors (Lipinski definition) is 1. The number of nitro benzene ring substituents is 1. The topological polar surface area (TPSA) is 95.0 Å². The highest BCUT2D eigenvalue weighted by Gasteiger charge is 2.17. The molecule has 0 atom stereocenters. The molecule has 0 radical (unpaired) electrons. The van der Waals surface area contributed by atoms with Gasteiger partial charge in [-0.15, -0.1) is 0 Å². The minimum absolute atomic E-state index is 0.00356. The Morgan fingerprint density at radius 3 is 2.75 bits per heavy atom. The van der Waals surface area contributed by atoms with E-state index in [-0.39, 0.29) is 18.1 Å². The van der Waals surface area contributed by atoms with Gasteiger partial charge in [-0.3, -0.25) is 19.6 Å². The monoisotopic (exact) mass is 325 g/mol. The molecule has 0 aliphatic carbocycles. The zero-order chi connectivity index (χ0) is 17.1. The van der Waals surface area contributed by atoms with Gasteiger partial charge < -0.3 is 9.88 Å². The molecule has 0 aliphatic rings. The van der Waals surface area contributed by atoms with E-state index < -0.39 is 4.92 Å². The second kappa shape index (κ2) is 6.37. The van der Waals surface area contributed by atoms with Crippen LogP contribution in [0.2, 0.25) is 0 Å². The van der Waals surface area contributed by atoms with E-state index in [4.69, 9.17) is 0 Å². The van der Waals surface area contributed by atoms with Crippen molar-refractivity contribution in [3.8, 4) is 5.82 Å². The highest BCUT2D eigenvalue weighted by molar-refractivity contribution is 5.97. The third kappa shape index (κ3) is 3.02. The molecule has 8 nitrogen and oxygen atoms in total. The first-order valence-corrected chi connectivity index (χ1v) is 7.23. The zero-order valence-electron chi connectivity index (χ0n) is 12.9. The van der Waals surface area contributed by atoms with Crippen LogP contribution in [-0.2, 0) is 13.6 Å². The molecule has 0 unspecified atom stereocenters. The Bertz CT molecular complexity index is 883. The van der Waals surface area contributed by atoms with Crippen LogP contribution in [0.25, 0.3) is 5.82 Å². The standard InChI is InChI=1S/C16H15N5O3/c1-19-16(20-7-2-3-8-20)14(11-18-19)15(22)17-10-12-5-4-6-13(9-12)21(23)24/h2-9,11H,10H2,1H3,(H,17,22). The molecule has 122 valence electrons. The van der Waals surface area contributed by atoms with E-state index in [0.717, 1.165) is 0 Å². The van der Waals surface area contributed by atoms with Crippen molar-refractivity contribution in [2.75, 3.05) is 0 Å². The van der Waals surface area contributed by atoms with Crippen molar-refractivity contribution >= 4 is 11.6 Å². The maximum atomic E-state index is 12.5. The molecule has 1 N–H and O–H groups in total. The first-order chi connectivity index (χ1) is 11.6.